The number of rotatable bonds is 5. The molecule has 2 atom stereocenters. The van der Waals surface area contributed by atoms with Crippen molar-refractivity contribution in [3.05, 3.63) is 65.7 Å². The molecular weight excluding hydrogens is 239 g/mol. The lowest BCUT2D eigenvalue weighted by molar-refractivity contribution is 0.470. The second-order valence-electron chi connectivity index (χ2n) is 4.87. The lowest BCUT2D eigenvalue weighted by Crippen LogP contribution is -2.31. The fourth-order valence-corrected chi connectivity index (χ4v) is 2.18. The average molecular weight is 258 g/mol. The van der Waals surface area contributed by atoms with Crippen molar-refractivity contribution in [1.82, 2.24) is 10.3 Å². The monoisotopic (exact) mass is 258 g/mol. The fraction of sp³-hybridized carbons (Fsp3) is 0.312. The second kappa shape index (κ2) is 6.43. The summed E-state index contributed by atoms with van der Waals surface area (Å²) in [5.41, 5.74) is 2.17. The van der Waals surface area contributed by atoms with Crippen LogP contribution in [0.2, 0.25) is 0 Å². The Kier molecular flexibility index (Phi) is 4.63. The van der Waals surface area contributed by atoms with Crippen LogP contribution in [0, 0.1) is 5.82 Å². The summed E-state index contributed by atoms with van der Waals surface area (Å²) >= 11 is 0. The highest BCUT2D eigenvalue weighted by Gasteiger charge is 2.10. The molecule has 1 N–H and O–H groups in total. The summed E-state index contributed by atoms with van der Waals surface area (Å²) < 4.78 is 12.8. The van der Waals surface area contributed by atoms with Crippen molar-refractivity contribution in [2.45, 2.75) is 32.4 Å². The van der Waals surface area contributed by atoms with Crippen LogP contribution in [0.3, 0.4) is 0 Å². The minimum Gasteiger partial charge on any atom is -0.306 e. The maximum Gasteiger partial charge on any atom is 0.123 e. The number of halogens is 1. The zero-order valence-electron chi connectivity index (χ0n) is 11.3. The highest BCUT2D eigenvalue weighted by molar-refractivity contribution is 5.17. The van der Waals surface area contributed by atoms with Gasteiger partial charge in [-0.3, -0.25) is 4.98 Å². The van der Waals surface area contributed by atoms with E-state index in [1.54, 1.807) is 6.20 Å². The molecule has 2 rings (SSSR count). The van der Waals surface area contributed by atoms with Crippen molar-refractivity contribution in [2.75, 3.05) is 0 Å². The summed E-state index contributed by atoms with van der Waals surface area (Å²) in [4.78, 5) is 4.34. The summed E-state index contributed by atoms with van der Waals surface area (Å²) in [6.45, 7) is 4.23. The first-order chi connectivity index (χ1) is 9.15. The van der Waals surface area contributed by atoms with E-state index in [1.807, 2.05) is 30.3 Å². The maximum atomic E-state index is 12.8. The van der Waals surface area contributed by atoms with E-state index in [1.165, 1.54) is 12.1 Å². The second-order valence-corrected chi connectivity index (χ2v) is 4.87. The van der Waals surface area contributed by atoms with Gasteiger partial charge in [0.15, 0.2) is 0 Å². The van der Waals surface area contributed by atoms with Gasteiger partial charge < -0.3 is 5.32 Å². The van der Waals surface area contributed by atoms with Gasteiger partial charge in [0.05, 0.1) is 5.69 Å². The van der Waals surface area contributed by atoms with E-state index in [0.717, 1.165) is 17.7 Å². The number of hydrogen-bond acceptors (Lipinski definition) is 2. The largest absolute Gasteiger partial charge is 0.306 e. The van der Waals surface area contributed by atoms with Crippen molar-refractivity contribution in [1.29, 1.82) is 0 Å². The van der Waals surface area contributed by atoms with Crippen molar-refractivity contribution in [2.24, 2.45) is 0 Å². The number of hydrogen-bond donors (Lipinski definition) is 1. The SMILES string of the molecule is CC(Cc1ccc(F)cc1)N[C@H](C)c1ccccn1. The minimum absolute atomic E-state index is 0.189. The normalized spacial score (nSPS) is 14.1. The molecule has 1 aromatic carbocycles. The molecule has 2 aromatic rings. The van der Waals surface area contributed by atoms with Crippen molar-refractivity contribution in [3.8, 4) is 0 Å². The summed E-state index contributed by atoms with van der Waals surface area (Å²) in [6.07, 6.45) is 2.68. The number of benzene rings is 1. The van der Waals surface area contributed by atoms with E-state index in [-0.39, 0.29) is 11.9 Å². The molecule has 0 spiro atoms. The molecule has 0 aliphatic heterocycles. The molecule has 1 unspecified atom stereocenters. The molecule has 0 fully saturated rings. The van der Waals surface area contributed by atoms with Crippen LogP contribution in [0.5, 0.6) is 0 Å². The van der Waals surface area contributed by atoms with Crippen LogP contribution < -0.4 is 5.32 Å². The van der Waals surface area contributed by atoms with Gasteiger partial charge in [0.2, 0.25) is 0 Å². The van der Waals surface area contributed by atoms with E-state index >= 15 is 0 Å². The predicted molar refractivity (Wildman–Crippen MR) is 75.4 cm³/mol. The van der Waals surface area contributed by atoms with Crippen LogP contribution in [0.15, 0.2) is 48.7 Å². The van der Waals surface area contributed by atoms with Crippen LogP contribution in [0.25, 0.3) is 0 Å². The average Bonchev–Trinajstić information content (AvgIpc) is 2.42. The van der Waals surface area contributed by atoms with Crippen molar-refractivity contribution >= 4 is 0 Å². The van der Waals surface area contributed by atoms with Crippen LogP contribution in [0.1, 0.15) is 31.1 Å². The zero-order valence-corrected chi connectivity index (χ0v) is 11.3. The highest BCUT2D eigenvalue weighted by atomic mass is 19.1. The van der Waals surface area contributed by atoms with Crippen LogP contribution in [0.4, 0.5) is 4.39 Å². The Hall–Kier alpha value is -1.74. The van der Waals surface area contributed by atoms with E-state index in [0.29, 0.717) is 6.04 Å². The summed E-state index contributed by atoms with van der Waals surface area (Å²) in [5, 5.41) is 3.50. The van der Waals surface area contributed by atoms with E-state index < -0.39 is 0 Å². The minimum atomic E-state index is -0.189. The molecule has 3 heteroatoms. The first kappa shape index (κ1) is 13.7. The third-order valence-corrected chi connectivity index (χ3v) is 3.12. The smallest absolute Gasteiger partial charge is 0.123 e. The molecular formula is C16H19FN2. The maximum absolute atomic E-state index is 12.8. The topological polar surface area (TPSA) is 24.9 Å². The van der Waals surface area contributed by atoms with Gasteiger partial charge in [-0.2, -0.15) is 0 Å². The Bertz CT molecular complexity index is 496. The molecule has 0 saturated carbocycles. The standard InChI is InChI=1S/C16H19FN2/c1-12(11-14-6-8-15(17)9-7-14)19-13(2)16-5-3-4-10-18-16/h3-10,12-13,19H,11H2,1-2H3/t12?,13-/m1/s1. The predicted octanol–water partition coefficient (Wildman–Crippen LogP) is 3.50. The third kappa shape index (κ3) is 4.14. The molecule has 1 aromatic heterocycles. The van der Waals surface area contributed by atoms with Gasteiger partial charge in [0.25, 0.3) is 0 Å². The highest BCUT2D eigenvalue weighted by Crippen LogP contribution is 2.11. The Morgan fingerprint density at radius 3 is 2.47 bits per heavy atom. The Morgan fingerprint density at radius 1 is 1.11 bits per heavy atom. The van der Waals surface area contributed by atoms with Gasteiger partial charge in [0, 0.05) is 18.3 Å². The molecule has 2 nitrogen and oxygen atoms in total. The van der Waals surface area contributed by atoms with Crippen molar-refractivity contribution in [3.63, 3.8) is 0 Å². The Morgan fingerprint density at radius 2 is 1.84 bits per heavy atom. The first-order valence-corrected chi connectivity index (χ1v) is 6.56. The number of nitrogens with one attached hydrogen (secondary N) is 1. The molecule has 0 saturated heterocycles. The van der Waals surface area contributed by atoms with Crippen LogP contribution in [-0.2, 0) is 6.42 Å². The quantitative estimate of drug-likeness (QED) is 0.887. The van der Waals surface area contributed by atoms with Gasteiger partial charge in [-0.1, -0.05) is 18.2 Å². The van der Waals surface area contributed by atoms with Gasteiger partial charge in [-0.15, -0.1) is 0 Å². The summed E-state index contributed by atoms with van der Waals surface area (Å²) in [5.74, 6) is -0.189. The molecule has 1 heterocycles. The van der Waals surface area contributed by atoms with Gasteiger partial charge in [0.1, 0.15) is 5.82 Å². The Balaban J connectivity index is 1.90. The summed E-state index contributed by atoms with van der Waals surface area (Å²) in [7, 11) is 0. The van der Waals surface area contributed by atoms with Gasteiger partial charge in [-0.05, 0) is 50.1 Å². The third-order valence-electron chi connectivity index (χ3n) is 3.12. The van der Waals surface area contributed by atoms with E-state index in [2.05, 4.69) is 24.1 Å². The molecule has 0 aliphatic rings. The van der Waals surface area contributed by atoms with Crippen LogP contribution in [-0.4, -0.2) is 11.0 Å². The van der Waals surface area contributed by atoms with Gasteiger partial charge >= 0.3 is 0 Å². The lowest BCUT2D eigenvalue weighted by Gasteiger charge is -2.19. The van der Waals surface area contributed by atoms with Crippen LogP contribution >= 0.6 is 0 Å². The number of pyridine rings is 1. The van der Waals surface area contributed by atoms with E-state index in [4.69, 9.17) is 0 Å². The molecule has 0 radical (unpaired) electrons. The van der Waals surface area contributed by atoms with E-state index in [9.17, 15) is 4.39 Å². The molecule has 100 valence electrons. The Labute approximate surface area is 113 Å². The zero-order chi connectivity index (χ0) is 13.7. The number of aromatic nitrogens is 1. The summed E-state index contributed by atoms with van der Waals surface area (Å²) in [6, 6.07) is 13.1. The van der Waals surface area contributed by atoms with Gasteiger partial charge in [-0.25, -0.2) is 4.39 Å². The molecule has 0 aliphatic carbocycles. The first-order valence-electron chi connectivity index (χ1n) is 6.56. The number of nitrogens with zero attached hydrogens (tertiary/aromatic N) is 1. The molecule has 0 amide bonds. The van der Waals surface area contributed by atoms with Crippen molar-refractivity contribution < 1.29 is 4.39 Å². The lowest BCUT2D eigenvalue weighted by atomic mass is 10.1. The fourth-order valence-electron chi connectivity index (χ4n) is 2.18. The molecule has 19 heavy (non-hydrogen) atoms. The molecule has 0 bridgehead atoms.